The first-order valence-electron chi connectivity index (χ1n) is 6.34. The fourth-order valence-electron chi connectivity index (χ4n) is 1.75. The highest BCUT2D eigenvalue weighted by molar-refractivity contribution is 7.89. The molecule has 1 heterocycles. The van der Waals surface area contributed by atoms with Crippen molar-refractivity contribution in [2.24, 2.45) is 5.14 Å². The van der Waals surface area contributed by atoms with Gasteiger partial charge in [0, 0.05) is 0 Å². The first-order chi connectivity index (χ1) is 11.2. The number of nitrogens with zero attached hydrogens (tertiary/aromatic N) is 3. The summed E-state index contributed by atoms with van der Waals surface area (Å²) in [4.78, 5) is 23.0. The number of carbonyl (C=O) groups excluding carboxylic acids is 1. The molecule has 0 atom stereocenters. The van der Waals surface area contributed by atoms with E-state index in [1.54, 1.807) is 0 Å². The summed E-state index contributed by atoms with van der Waals surface area (Å²) in [6.07, 6.45) is 0. The molecule has 0 unspecified atom stereocenters. The smallest absolute Gasteiger partial charge is 0.342 e. The van der Waals surface area contributed by atoms with Gasteiger partial charge in [-0.25, -0.2) is 18.4 Å². The Bertz CT molecular complexity index is 865. The SMILES string of the molecule is COc1ccc(S(N)(=O)=O)cc1C(=O)OCc1nc(N)nc(N)n1. The summed E-state index contributed by atoms with van der Waals surface area (Å²) in [5, 5.41) is 5.04. The number of anilines is 2. The molecular formula is C12H14N6O5S. The Balaban J connectivity index is 2.25. The molecule has 0 fully saturated rings. The zero-order valence-corrected chi connectivity index (χ0v) is 13.3. The van der Waals surface area contributed by atoms with Gasteiger partial charge in [0.2, 0.25) is 21.9 Å². The minimum Gasteiger partial charge on any atom is -0.496 e. The van der Waals surface area contributed by atoms with Crippen LogP contribution in [0.25, 0.3) is 0 Å². The van der Waals surface area contributed by atoms with Crippen molar-refractivity contribution >= 4 is 27.9 Å². The molecule has 24 heavy (non-hydrogen) atoms. The van der Waals surface area contributed by atoms with E-state index in [0.29, 0.717) is 0 Å². The van der Waals surface area contributed by atoms with Crippen LogP contribution in [-0.2, 0) is 21.4 Å². The maximum atomic E-state index is 12.2. The van der Waals surface area contributed by atoms with E-state index in [-0.39, 0.29) is 40.5 Å². The van der Waals surface area contributed by atoms with Crippen molar-refractivity contribution in [2.75, 3.05) is 18.6 Å². The van der Waals surface area contributed by atoms with Gasteiger partial charge in [0.25, 0.3) is 0 Å². The lowest BCUT2D eigenvalue weighted by Gasteiger charge is -2.10. The van der Waals surface area contributed by atoms with Crippen LogP contribution in [0.4, 0.5) is 11.9 Å². The van der Waals surface area contributed by atoms with Crippen molar-refractivity contribution in [3.05, 3.63) is 29.6 Å². The van der Waals surface area contributed by atoms with Gasteiger partial charge in [0.05, 0.1) is 12.0 Å². The Morgan fingerprint density at radius 3 is 2.33 bits per heavy atom. The van der Waals surface area contributed by atoms with E-state index in [9.17, 15) is 13.2 Å². The standard InChI is InChI=1S/C12H14N6O5S/c1-22-8-3-2-6(24(15,20)21)4-7(8)10(19)23-5-9-16-11(13)18-12(14)17-9/h2-4H,5H2,1H3,(H2,15,20,21)(H4,13,14,16,17,18). The van der Waals surface area contributed by atoms with Gasteiger partial charge >= 0.3 is 5.97 Å². The Hall–Kier alpha value is -2.99. The van der Waals surface area contributed by atoms with Crippen LogP contribution >= 0.6 is 0 Å². The number of primary sulfonamides is 1. The highest BCUT2D eigenvalue weighted by Gasteiger charge is 2.19. The van der Waals surface area contributed by atoms with Gasteiger partial charge in [-0.05, 0) is 18.2 Å². The minimum atomic E-state index is -3.99. The maximum absolute atomic E-state index is 12.2. The van der Waals surface area contributed by atoms with Crippen molar-refractivity contribution < 1.29 is 22.7 Å². The molecular weight excluding hydrogens is 340 g/mol. The van der Waals surface area contributed by atoms with Crippen molar-refractivity contribution in [1.29, 1.82) is 0 Å². The van der Waals surface area contributed by atoms with Crippen LogP contribution < -0.4 is 21.3 Å². The van der Waals surface area contributed by atoms with E-state index in [1.165, 1.54) is 19.2 Å². The normalized spacial score (nSPS) is 11.1. The van der Waals surface area contributed by atoms with E-state index >= 15 is 0 Å². The van der Waals surface area contributed by atoms with Crippen molar-refractivity contribution in [2.45, 2.75) is 11.5 Å². The lowest BCUT2D eigenvalue weighted by Crippen LogP contribution is -2.15. The van der Waals surface area contributed by atoms with Crippen molar-refractivity contribution in [1.82, 2.24) is 15.0 Å². The summed E-state index contributed by atoms with van der Waals surface area (Å²) in [7, 11) is -2.68. The van der Waals surface area contributed by atoms with Crippen molar-refractivity contribution in [3.63, 3.8) is 0 Å². The summed E-state index contributed by atoms with van der Waals surface area (Å²) in [6, 6.07) is 3.54. The minimum absolute atomic E-state index is 0.0370. The fraction of sp³-hybridized carbons (Fsp3) is 0.167. The predicted octanol–water partition coefficient (Wildman–Crippen LogP) is -0.951. The third-order valence-electron chi connectivity index (χ3n) is 2.77. The van der Waals surface area contributed by atoms with Gasteiger partial charge in [-0.2, -0.15) is 15.0 Å². The fourth-order valence-corrected chi connectivity index (χ4v) is 2.29. The number of rotatable bonds is 5. The van der Waals surface area contributed by atoms with Crippen LogP contribution in [-0.4, -0.2) is 36.4 Å². The van der Waals surface area contributed by atoms with Crippen LogP contribution in [0, 0.1) is 0 Å². The number of nitrogens with two attached hydrogens (primary N) is 3. The molecule has 0 saturated carbocycles. The highest BCUT2D eigenvalue weighted by Crippen LogP contribution is 2.23. The van der Waals surface area contributed by atoms with Gasteiger partial charge in [-0.3, -0.25) is 0 Å². The van der Waals surface area contributed by atoms with E-state index in [2.05, 4.69) is 15.0 Å². The summed E-state index contributed by atoms with van der Waals surface area (Å²) < 4.78 is 32.8. The number of hydrogen-bond acceptors (Lipinski definition) is 10. The molecule has 0 bridgehead atoms. The molecule has 0 aliphatic carbocycles. The number of esters is 1. The number of hydrogen-bond donors (Lipinski definition) is 3. The lowest BCUT2D eigenvalue weighted by molar-refractivity contribution is 0.0458. The monoisotopic (exact) mass is 354 g/mol. The number of ether oxygens (including phenoxy) is 2. The zero-order valence-electron chi connectivity index (χ0n) is 12.5. The summed E-state index contributed by atoms with van der Waals surface area (Å²) in [5.74, 6) is -0.961. The summed E-state index contributed by atoms with van der Waals surface area (Å²) >= 11 is 0. The highest BCUT2D eigenvalue weighted by atomic mass is 32.2. The van der Waals surface area contributed by atoms with E-state index in [0.717, 1.165) is 6.07 Å². The first kappa shape index (κ1) is 17.4. The van der Waals surface area contributed by atoms with Crippen LogP contribution in [0.15, 0.2) is 23.1 Å². The molecule has 0 amide bonds. The molecule has 128 valence electrons. The van der Waals surface area contributed by atoms with Gasteiger partial charge < -0.3 is 20.9 Å². The van der Waals surface area contributed by atoms with E-state index in [4.69, 9.17) is 26.1 Å². The second kappa shape index (κ2) is 6.64. The number of benzene rings is 1. The number of nitrogen functional groups attached to an aromatic ring is 2. The molecule has 1 aromatic heterocycles. The Kier molecular flexibility index (Phi) is 4.80. The topological polar surface area (TPSA) is 186 Å². The largest absolute Gasteiger partial charge is 0.496 e. The molecule has 2 rings (SSSR count). The molecule has 0 spiro atoms. The molecule has 0 radical (unpaired) electrons. The van der Waals surface area contributed by atoms with E-state index in [1.807, 2.05) is 0 Å². The number of aromatic nitrogens is 3. The first-order valence-corrected chi connectivity index (χ1v) is 7.89. The number of methoxy groups -OCH3 is 1. The van der Waals surface area contributed by atoms with Crippen LogP contribution in [0.1, 0.15) is 16.2 Å². The third kappa shape index (κ3) is 4.05. The molecule has 2 aromatic rings. The quantitative estimate of drug-likeness (QED) is 0.565. The van der Waals surface area contributed by atoms with E-state index < -0.39 is 16.0 Å². The average Bonchev–Trinajstić information content (AvgIpc) is 2.50. The second-order valence-electron chi connectivity index (χ2n) is 4.45. The third-order valence-corrected chi connectivity index (χ3v) is 3.68. The van der Waals surface area contributed by atoms with Crippen LogP contribution in [0.5, 0.6) is 5.75 Å². The molecule has 1 aromatic carbocycles. The van der Waals surface area contributed by atoms with Gasteiger partial charge in [0.15, 0.2) is 12.4 Å². The predicted molar refractivity (Wildman–Crippen MR) is 82.1 cm³/mol. The molecule has 11 nitrogen and oxygen atoms in total. The Morgan fingerprint density at radius 2 is 1.79 bits per heavy atom. The van der Waals surface area contributed by atoms with Crippen molar-refractivity contribution in [3.8, 4) is 5.75 Å². The van der Waals surface area contributed by atoms with Crippen LogP contribution in [0.2, 0.25) is 0 Å². The van der Waals surface area contributed by atoms with Gasteiger partial charge in [-0.15, -0.1) is 0 Å². The molecule has 6 N–H and O–H groups in total. The second-order valence-corrected chi connectivity index (χ2v) is 6.01. The average molecular weight is 354 g/mol. The van der Waals surface area contributed by atoms with Crippen LogP contribution in [0.3, 0.4) is 0 Å². The van der Waals surface area contributed by atoms with Gasteiger partial charge in [-0.1, -0.05) is 0 Å². The lowest BCUT2D eigenvalue weighted by atomic mass is 10.2. The molecule has 0 aliphatic heterocycles. The Morgan fingerprint density at radius 1 is 1.17 bits per heavy atom. The Labute approximate surface area is 136 Å². The zero-order chi connectivity index (χ0) is 17.9. The summed E-state index contributed by atoms with van der Waals surface area (Å²) in [5.41, 5.74) is 10.7. The molecule has 12 heteroatoms. The number of sulfonamides is 1. The molecule has 0 saturated heterocycles. The maximum Gasteiger partial charge on any atom is 0.342 e. The molecule has 0 aliphatic rings. The summed E-state index contributed by atoms with van der Waals surface area (Å²) in [6.45, 7) is -0.349. The van der Waals surface area contributed by atoms with Gasteiger partial charge in [0.1, 0.15) is 11.3 Å². The number of carbonyl (C=O) groups is 1.